The Morgan fingerprint density at radius 2 is 1.91 bits per heavy atom. The molecule has 0 aliphatic carbocycles. The van der Waals surface area contributed by atoms with E-state index in [1.54, 1.807) is 6.92 Å². The van der Waals surface area contributed by atoms with E-state index >= 15 is 0 Å². The molecule has 0 atom stereocenters. The Hall–Kier alpha value is -3.71. The monoisotopic (exact) mass is 491 g/mol. The van der Waals surface area contributed by atoms with Crippen LogP contribution in [0.25, 0.3) is 6.08 Å². The number of thioether (sulfide) groups is 1. The minimum absolute atomic E-state index is 0.0991. The fraction of sp³-hybridized carbons (Fsp3) is 0.150. The predicted octanol–water partition coefficient (Wildman–Crippen LogP) is 2.87. The quantitative estimate of drug-likeness (QED) is 0.266. The molecule has 1 heterocycles. The van der Waals surface area contributed by atoms with Crippen LogP contribution < -0.4 is 14.2 Å². The number of amides is 2. The first-order chi connectivity index (χ1) is 15.6. The van der Waals surface area contributed by atoms with E-state index in [1.807, 2.05) is 0 Å². The number of nitrogens with one attached hydrogen (secondary N) is 1. The molecule has 172 valence electrons. The van der Waals surface area contributed by atoms with Crippen LogP contribution in [0.3, 0.4) is 0 Å². The summed E-state index contributed by atoms with van der Waals surface area (Å²) in [7, 11) is -4.29. The first-order valence-electron chi connectivity index (χ1n) is 9.35. The molecule has 13 heteroatoms. The van der Waals surface area contributed by atoms with Crippen molar-refractivity contribution in [2.75, 3.05) is 6.61 Å². The second-order valence-corrected chi connectivity index (χ2v) is 9.02. The summed E-state index contributed by atoms with van der Waals surface area (Å²) in [5.41, 5.74) is 0.250. The molecule has 2 aromatic carbocycles. The number of hydrogen-bond acceptors (Lipinski definition) is 9. The summed E-state index contributed by atoms with van der Waals surface area (Å²) in [6.07, 6.45) is 1.52. The van der Waals surface area contributed by atoms with Gasteiger partial charge >= 0.3 is 10.1 Å². The van der Waals surface area contributed by atoms with Gasteiger partial charge in [-0.1, -0.05) is 6.07 Å². The Bertz CT molecular complexity index is 1280. The van der Waals surface area contributed by atoms with E-state index in [9.17, 15) is 28.1 Å². The Morgan fingerprint density at radius 3 is 2.52 bits per heavy atom. The highest BCUT2D eigenvalue weighted by Crippen LogP contribution is 2.34. The topological polar surface area (TPSA) is 154 Å². The zero-order valence-electron chi connectivity index (χ0n) is 17.3. The van der Waals surface area contributed by atoms with Gasteiger partial charge in [0.15, 0.2) is 16.7 Å². The zero-order valence-corrected chi connectivity index (χ0v) is 18.9. The van der Waals surface area contributed by atoms with Crippen molar-refractivity contribution < 1.29 is 31.9 Å². The lowest BCUT2D eigenvalue weighted by molar-refractivity contribution is -0.384. The molecule has 0 radical (unpaired) electrons. The van der Waals surface area contributed by atoms with Crippen LogP contribution >= 0.6 is 11.8 Å². The minimum Gasteiger partial charge on any atom is -0.490 e. The first kappa shape index (κ1) is 23.9. The van der Waals surface area contributed by atoms with Crippen molar-refractivity contribution in [2.24, 2.45) is 4.99 Å². The number of ether oxygens (including phenoxy) is 1. The number of amidine groups is 1. The van der Waals surface area contributed by atoms with Crippen molar-refractivity contribution in [1.82, 2.24) is 5.32 Å². The maximum atomic E-state index is 12.6. The number of rotatable bonds is 7. The fourth-order valence-corrected chi connectivity index (χ4v) is 4.42. The van der Waals surface area contributed by atoms with Gasteiger partial charge in [0.25, 0.3) is 11.6 Å². The molecule has 2 amide bonds. The normalized spacial score (nSPS) is 14.7. The Labute approximate surface area is 192 Å². The van der Waals surface area contributed by atoms with Crippen molar-refractivity contribution in [3.05, 3.63) is 63.0 Å². The first-order valence-corrected chi connectivity index (χ1v) is 11.6. The molecule has 0 bridgehead atoms. The van der Waals surface area contributed by atoms with E-state index in [-0.39, 0.29) is 44.7 Å². The van der Waals surface area contributed by atoms with Crippen LogP contribution in [0.1, 0.15) is 19.4 Å². The molecule has 2 aromatic rings. The maximum absolute atomic E-state index is 12.6. The summed E-state index contributed by atoms with van der Waals surface area (Å²) in [6, 6.07) is 8.62. The molecule has 1 aliphatic heterocycles. The summed E-state index contributed by atoms with van der Waals surface area (Å²) in [4.78, 5) is 37.1. The molecule has 3 rings (SSSR count). The van der Waals surface area contributed by atoms with E-state index in [0.29, 0.717) is 5.56 Å². The second kappa shape index (κ2) is 9.83. The highest BCUT2D eigenvalue weighted by atomic mass is 32.2. The third-order valence-electron chi connectivity index (χ3n) is 4.00. The molecule has 33 heavy (non-hydrogen) atoms. The third kappa shape index (κ3) is 5.96. The van der Waals surface area contributed by atoms with E-state index in [4.69, 9.17) is 8.92 Å². The highest BCUT2D eigenvalue weighted by Gasteiger charge is 2.24. The largest absolute Gasteiger partial charge is 0.490 e. The molecule has 1 N–H and O–H groups in total. The number of non-ortho nitro benzene ring substituents is 1. The Morgan fingerprint density at radius 1 is 1.21 bits per heavy atom. The van der Waals surface area contributed by atoms with Gasteiger partial charge in [0.05, 0.1) is 16.4 Å². The summed E-state index contributed by atoms with van der Waals surface area (Å²) >= 11 is 0.990. The lowest BCUT2D eigenvalue weighted by Crippen LogP contribution is -2.23. The second-order valence-electron chi connectivity index (χ2n) is 6.44. The minimum atomic E-state index is -4.29. The van der Waals surface area contributed by atoms with Crippen LogP contribution in [0.4, 0.5) is 5.69 Å². The van der Waals surface area contributed by atoms with Crippen LogP contribution in [0, 0.1) is 10.1 Å². The van der Waals surface area contributed by atoms with Crippen LogP contribution in [-0.2, 0) is 19.7 Å². The van der Waals surface area contributed by atoms with Crippen molar-refractivity contribution in [3.8, 4) is 11.5 Å². The molecule has 11 nitrogen and oxygen atoms in total. The number of nitrogens with zero attached hydrogens (tertiary/aromatic N) is 2. The molecule has 0 fully saturated rings. The lowest BCUT2D eigenvalue weighted by Gasteiger charge is -2.12. The standard InChI is InChI=1S/C20H17N3O8S2/c1-3-30-17-10-13(11-18-19(25)22-20(32-18)21-12(2)24)4-9-16(17)31-33(28,29)15-7-5-14(6-8-15)23(26)27/h4-11H,3H2,1-2H3,(H,21,22,24,25)/b18-11-. The molecular formula is C20H17N3O8S2. The fourth-order valence-electron chi connectivity index (χ4n) is 2.62. The molecule has 0 saturated heterocycles. The zero-order chi connectivity index (χ0) is 24.2. The number of carbonyl (C=O) groups excluding carboxylic acids is 2. The third-order valence-corrected chi connectivity index (χ3v) is 6.15. The average molecular weight is 492 g/mol. The summed E-state index contributed by atoms with van der Waals surface area (Å²) in [6.45, 7) is 3.20. The number of carbonyl (C=O) groups is 2. The van der Waals surface area contributed by atoms with Gasteiger partial charge in [-0.05, 0) is 54.6 Å². The molecular weight excluding hydrogens is 474 g/mol. The van der Waals surface area contributed by atoms with Gasteiger partial charge < -0.3 is 14.2 Å². The van der Waals surface area contributed by atoms with E-state index in [2.05, 4.69) is 10.3 Å². The van der Waals surface area contributed by atoms with Gasteiger partial charge in [0.2, 0.25) is 5.91 Å². The molecule has 1 aliphatic rings. The SMILES string of the molecule is CCOc1cc(/C=C2\SC(NC(C)=O)=NC2=O)ccc1OS(=O)(=O)c1ccc([N+](=O)[O-])cc1. The number of nitro groups is 1. The van der Waals surface area contributed by atoms with Crippen LogP contribution in [0.15, 0.2) is 57.3 Å². The number of nitro benzene ring substituents is 1. The average Bonchev–Trinajstić information content (AvgIpc) is 3.08. The van der Waals surface area contributed by atoms with Gasteiger partial charge in [-0.15, -0.1) is 0 Å². The van der Waals surface area contributed by atoms with Crippen LogP contribution in [0.5, 0.6) is 11.5 Å². The summed E-state index contributed by atoms with van der Waals surface area (Å²) in [5, 5.41) is 13.4. The van der Waals surface area contributed by atoms with E-state index < -0.39 is 20.9 Å². The van der Waals surface area contributed by atoms with Crippen LogP contribution in [-0.4, -0.2) is 36.9 Å². The lowest BCUT2D eigenvalue weighted by atomic mass is 10.2. The highest BCUT2D eigenvalue weighted by molar-refractivity contribution is 8.18. The summed E-state index contributed by atoms with van der Waals surface area (Å²) < 4.78 is 35.9. The number of aliphatic imine (C=N–C) groups is 1. The maximum Gasteiger partial charge on any atom is 0.339 e. The van der Waals surface area contributed by atoms with Gasteiger partial charge in [-0.2, -0.15) is 13.4 Å². The van der Waals surface area contributed by atoms with Crippen molar-refractivity contribution >= 4 is 50.6 Å². The number of hydrogen-bond donors (Lipinski definition) is 1. The van der Waals surface area contributed by atoms with Gasteiger partial charge in [-0.25, -0.2) is 0 Å². The summed E-state index contributed by atoms with van der Waals surface area (Å²) in [5.74, 6) is -0.874. The van der Waals surface area contributed by atoms with Crippen molar-refractivity contribution in [2.45, 2.75) is 18.7 Å². The smallest absolute Gasteiger partial charge is 0.339 e. The van der Waals surface area contributed by atoms with Crippen molar-refractivity contribution in [1.29, 1.82) is 0 Å². The van der Waals surface area contributed by atoms with Crippen molar-refractivity contribution in [3.63, 3.8) is 0 Å². The Kier molecular flexibility index (Phi) is 7.13. The van der Waals surface area contributed by atoms with E-state index in [0.717, 1.165) is 36.0 Å². The Balaban J connectivity index is 1.85. The molecule has 0 unspecified atom stereocenters. The molecule has 0 spiro atoms. The van der Waals surface area contributed by atoms with Gasteiger partial charge in [-0.3, -0.25) is 19.7 Å². The predicted molar refractivity (Wildman–Crippen MR) is 120 cm³/mol. The number of benzene rings is 2. The van der Waals surface area contributed by atoms with Crippen LogP contribution in [0.2, 0.25) is 0 Å². The van der Waals surface area contributed by atoms with Gasteiger partial charge in [0.1, 0.15) is 4.90 Å². The molecule has 0 aromatic heterocycles. The van der Waals surface area contributed by atoms with Gasteiger partial charge in [0, 0.05) is 19.1 Å². The van der Waals surface area contributed by atoms with E-state index in [1.165, 1.54) is 31.2 Å². The molecule has 0 saturated carbocycles.